The summed E-state index contributed by atoms with van der Waals surface area (Å²) >= 11 is 1.30. The van der Waals surface area contributed by atoms with Crippen molar-refractivity contribution in [2.45, 2.75) is 6.42 Å². The van der Waals surface area contributed by atoms with Gasteiger partial charge in [-0.1, -0.05) is 11.8 Å². The van der Waals surface area contributed by atoms with Gasteiger partial charge in [0.05, 0.1) is 7.11 Å². The highest BCUT2D eigenvalue weighted by atomic mass is 32.2. The molecule has 1 fully saturated rings. The normalized spacial score (nSPS) is 18.7. The van der Waals surface area contributed by atoms with E-state index in [9.17, 15) is 4.79 Å². The van der Waals surface area contributed by atoms with Gasteiger partial charge in [0.2, 0.25) is 5.91 Å². The average Bonchev–Trinajstić information content (AvgIpc) is 2.78. The van der Waals surface area contributed by atoms with Gasteiger partial charge in [0.25, 0.3) is 0 Å². The van der Waals surface area contributed by atoms with Crippen molar-refractivity contribution >= 4 is 28.5 Å². The van der Waals surface area contributed by atoms with Gasteiger partial charge in [-0.15, -0.1) is 0 Å². The lowest BCUT2D eigenvalue weighted by atomic mass is 10.1. The van der Waals surface area contributed by atoms with Crippen molar-refractivity contribution in [2.75, 3.05) is 24.3 Å². The van der Waals surface area contributed by atoms with E-state index in [2.05, 4.69) is 0 Å². The van der Waals surface area contributed by atoms with E-state index < -0.39 is 0 Å². The number of nitrogens with zero attached hydrogens (tertiary/aromatic N) is 1. The van der Waals surface area contributed by atoms with Gasteiger partial charge in [0, 0.05) is 24.4 Å². The number of amides is 1. The largest absolute Gasteiger partial charge is 0.497 e. The van der Waals surface area contributed by atoms with E-state index in [4.69, 9.17) is 15.9 Å². The summed E-state index contributed by atoms with van der Waals surface area (Å²) in [5, 5.41) is 7.30. The second kappa shape index (κ2) is 5.97. The molecule has 0 aliphatic carbocycles. The first kappa shape index (κ1) is 13.7. The Morgan fingerprint density at radius 3 is 2.79 bits per heavy atom. The van der Waals surface area contributed by atoms with Gasteiger partial charge in [0.1, 0.15) is 5.75 Å². The molecular weight excluding hydrogens is 262 g/mol. The van der Waals surface area contributed by atoms with E-state index in [0.29, 0.717) is 18.7 Å². The first-order chi connectivity index (χ1) is 9.10. The highest BCUT2D eigenvalue weighted by Crippen LogP contribution is 2.28. The maximum absolute atomic E-state index is 12.0. The van der Waals surface area contributed by atoms with Crippen LogP contribution in [-0.4, -0.2) is 30.5 Å². The molecular formula is C13H17N3O2S. The number of anilines is 1. The van der Waals surface area contributed by atoms with Gasteiger partial charge >= 0.3 is 0 Å². The molecule has 0 unspecified atom stereocenters. The first-order valence-corrected chi connectivity index (χ1v) is 7.00. The van der Waals surface area contributed by atoms with Crippen molar-refractivity contribution in [1.82, 2.24) is 0 Å². The van der Waals surface area contributed by atoms with Crippen LogP contribution < -0.4 is 15.4 Å². The standard InChI is InChI=1S/C13H17N3O2S/c1-18-11-4-2-10(3-5-11)16-7-9(6-12(16)17)8-19-13(14)15/h2-5,9H,6-8H2,1H3,(H3,14,15)/t9-/m1/s1. The van der Waals surface area contributed by atoms with Crippen molar-refractivity contribution in [3.63, 3.8) is 0 Å². The molecule has 2 rings (SSSR count). The highest BCUT2D eigenvalue weighted by Gasteiger charge is 2.30. The number of nitrogens with two attached hydrogens (primary N) is 1. The minimum absolute atomic E-state index is 0.107. The molecule has 1 amide bonds. The maximum atomic E-state index is 12.0. The number of thioether (sulfide) groups is 1. The third kappa shape index (κ3) is 3.41. The summed E-state index contributed by atoms with van der Waals surface area (Å²) in [4.78, 5) is 13.8. The highest BCUT2D eigenvalue weighted by molar-refractivity contribution is 8.13. The third-order valence-corrected chi connectivity index (χ3v) is 4.01. The van der Waals surface area contributed by atoms with Crippen LogP contribution >= 0.6 is 11.8 Å². The van der Waals surface area contributed by atoms with E-state index in [0.717, 1.165) is 11.4 Å². The van der Waals surface area contributed by atoms with Gasteiger partial charge in [-0.2, -0.15) is 0 Å². The van der Waals surface area contributed by atoms with Gasteiger partial charge in [-0.05, 0) is 30.2 Å². The van der Waals surface area contributed by atoms with Crippen LogP contribution in [0.5, 0.6) is 5.75 Å². The molecule has 1 saturated heterocycles. The molecule has 1 aliphatic heterocycles. The van der Waals surface area contributed by atoms with E-state index >= 15 is 0 Å². The van der Waals surface area contributed by atoms with Gasteiger partial charge in [0.15, 0.2) is 5.17 Å². The predicted octanol–water partition coefficient (Wildman–Crippen LogP) is 1.67. The molecule has 0 spiro atoms. The van der Waals surface area contributed by atoms with Gasteiger partial charge in [-0.3, -0.25) is 10.2 Å². The van der Waals surface area contributed by atoms with Crippen LogP contribution in [0.3, 0.4) is 0 Å². The lowest BCUT2D eigenvalue weighted by molar-refractivity contribution is -0.117. The average molecular weight is 279 g/mol. The van der Waals surface area contributed by atoms with E-state index in [1.165, 1.54) is 11.8 Å². The fourth-order valence-corrected chi connectivity index (χ4v) is 2.75. The minimum atomic E-state index is 0.107. The Morgan fingerprint density at radius 1 is 1.53 bits per heavy atom. The number of methoxy groups -OCH3 is 1. The van der Waals surface area contributed by atoms with Crippen molar-refractivity contribution in [3.05, 3.63) is 24.3 Å². The molecule has 3 N–H and O–H groups in total. The van der Waals surface area contributed by atoms with Crippen LogP contribution in [0, 0.1) is 11.3 Å². The number of carbonyl (C=O) groups excluding carboxylic acids is 1. The molecule has 0 radical (unpaired) electrons. The lowest BCUT2D eigenvalue weighted by Gasteiger charge is -2.17. The second-order valence-corrected chi connectivity index (χ2v) is 5.51. The smallest absolute Gasteiger partial charge is 0.227 e. The Morgan fingerprint density at radius 2 is 2.21 bits per heavy atom. The lowest BCUT2D eigenvalue weighted by Crippen LogP contribution is -2.24. The molecule has 0 bridgehead atoms. The molecule has 5 nitrogen and oxygen atoms in total. The molecule has 1 aromatic carbocycles. The zero-order chi connectivity index (χ0) is 13.8. The third-order valence-electron chi connectivity index (χ3n) is 3.06. The molecule has 1 aromatic rings. The van der Waals surface area contributed by atoms with Crippen LogP contribution in [0.1, 0.15) is 6.42 Å². The quantitative estimate of drug-likeness (QED) is 0.649. The summed E-state index contributed by atoms with van der Waals surface area (Å²) < 4.78 is 5.10. The summed E-state index contributed by atoms with van der Waals surface area (Å²) in [5.74, 6) is 1.87. The number of hydrogen-bond donors (Lipinski definition) is 2. The maximum Gasteiger partial charge on any atom is 0.227 e. The number of amidine groups is 1. The Hall–Kier alpha value is -1.69. The van der Waals surface area contributed by atoms with Crippen LogP contribution in [0.25, 0.3) is 0 Å². The summed E-state index contributed by atoms with van der Waals surface area (Å²) in [6.45, 7) is 0.686. The fraction of sp³-hybridized carbons (Fsp3) is 0.385. The van der Waals surface area contributed by atoms with Crippen molar-refractivity contribution in [1.29, 1.82) is 5.41 Å². The van der Waals surface area contributed by atoms with Gasteiger partial charge in [-0.25, -0.2) is 0 Å². The Balaban J connectivity index is 2.00. The molecule has 0 aromatic heterocycles. The number of carbonyl (C=O) groups is 1. The molecule has 1 aliphatic rings. The molecule has 1 atom stereocenters. The fourth-order valence-electron chi connectivity index (χ4n) is 2.11. The van der Waals surface area contributed by atoms with Crippen LogP contribution in [-0.2, 0) is 4.79 Å². The number of nitrogens with one attached hydrogen (secondary N) is 1. The zero-order valence-corrected chi connectivity index (χ0v) is 11.6. The summed E-state index contributed by atoms with van der Waals surface area (Å²) in [7, 11) is 1.62. The number of rotatable bonds is 4. The van der Waals surface area contributed by atoms with Crippen molar-refractivity contribution in [3.8, 4) is 5.75 Å². The van der Waals surface area contributed by atoms with Crippen LogP contribution in [0.15, 0.2) is 24.3 Å². The summed E-state index contributed by atoms with van der Waals surface area (Å²) in [6.07, 6.45) is 0.520. The number of hydrogen-bond acceptors (Lipinski definition) is 4. The van der Waals surface area contributed by atoms with Crippen LogP contribution in [0.2, 0.25) is 0 Å². The molecule has 102 valence electrons. The Kier molecular flexibility index (Phi) is 4.31. The number of ether oxygens (including phenoxy) is 1. The zero-order valence-electron chi connectivity index (χ0n) is 10.8. The van der Waals surface area contributed by atoms with E-state index in [1.54, 1.807) is 12.0 Å². The minimum Gasteiger partial charge on any atom is -0.497 e. The SMILES string of the molecule is COc1ccc(N2C[C@H](CSC(=N)N)CC2=O)cc1. The first-order valence-electron chi connectivity index (χ1n) is 6.01. The van der Waals surface area contributed by atoms with Crippen molar-refractivity contribution < 1.29 is 9.53 Å². The summed E-state index contributed by atoms with van der Waals surface area (Å²) in [6, 6.07) is 7.47. The Bertz CT molecular complexity index is 475. The molecule has 19 heavy (non-hydrogen) atoms. The van der Waals surface area contributed by atoms with Gasteiger partial charge < -0.3 is 15.4 Å². The molecule has 6 heteroatoms. The van der Waals surface area contributed by atoms with E-state index in [1.807, 2.05) is 24.3 Å². The topological polar surface area (TPSA) is 79.4 Å². The molecule has 1 heterocycles. The van der Waals surface area contributed by atoms with Crippen molar-refractivity contribution in [2.24, 2.45) is 11.7 Å². The van der Waals surface area contributed by atoms with Crippen LogP contribution in [0.4, 0.5) is 5.69 Å². The monoisotopic (exact) mass is 279 g/mol. The second-order valence-electron chi connectivity index (χ2n) is 4.45. The predicted molar refractivity (Wildman–Crippen MR) is 77.8 cm³/mol. The van der Waals surface area contributed by atoms with E-state index in [-0.39, 0.29) is 17.0 Å². The molecule has 0 saturated carbocycles. The Labute approximate surface area is 116 Å². The summed E-state index contributed by atoms with van der Waals surface area (Å²) in [5.41, 5.74) is 6.21. The number of benzene rings is 1.